The number of urea groups is 1. The summed E-state index contributed by atoms with van der Waals surface area (Å²) >= 11 is 0. The average molecular weight is 360 g/mol. The van der Waals surface area contributed by atoms with Gasteiger partial charge in [-0.1, -0.05) is 12.1 Å². The first-order chi connectivity index (χ1) is 12.4. The number of rotatable bonds is 6. The van der Waals surface area contributed by atoms with Gasteiger partial charge >= 0.3 is 6.03 Å². The summed E-state index contributed by atoms with van der Waals surface area (Å²) in [5.41, 5.74) is -0.704. The Morgan fingerprint density at radius 1 is 1.00 bits per heavy atom. The number of hydrogen-bond acceptors (Lipinski definition) is 3. The fourth-order valence-corrected chi connectivity index (χ4v) is 2.82. The Hall–Kier alpha value is -2.96. The second kappa shape index (κ2) is 7.11. The molecular formula is C19H18F2N2O3. The smallest absolute Gasteiger partial charge is 0.325 e. The minimum Gasteiger partial charge on any atom is -0.494 e. The molecule has 3 amide bonds. The van der Waals surface area contributed by atoms with Crippen molar-refractivity contribution in [1.29, 1.82) is 0 Å². The minimum atomic E-state index is -1.22. The second-order valence-electron chi connectivity index (χ2n) is 6.17. The maximum atomic E-state index is 13.1. The lowest BCUT2D eigenvalue weighted by Gasteiger charge is -2.22. The Kier molecular flexibility index (Phi) is 4.88. The van der Waals surface area contributed by atoms with Gasteiger partial charge in [-0.15, -0.1) is 0 Å². The first-order valence-electron chi connectivity index (χ1n) is 8.19. The molecule has 1 fully saturated rings. The molecule has 1 unspecified atom stereocenters. The van der Waals surface area contributed by atoms with Crippen molar-refractivity contribution in [3.05, 3.63) is 65.7 Å². The monoisotopic (exact) mass is 360 g/mol. The molecule has 7 heteroatoms. The van der Waals surface area contributed by atoms with E-state index in [1.807, 2.05) is 0 Å². The predicted molar refractivity (Wildman–Crippen MR) is 90.5 cm³/mol. The van der Waals surface area contributed by atoms with Crippen molar-refractivity contribution in [2.45, 2.75) is 18.9 Å². The number of imide groups is 1. The molecule has 1 aliphatic rings. The Morgan fingerprint density at radius 3 is 2.19 bits per heavy atom. The molecule has 5 nitrogen and oxygen atoms in total. The number of hydrogen-bond donors (Lipinski definition) is 1. The first kappa shape index (κ1) is 17.8. The van der Waals surface area contributed by atoms with Gasteiger partial charge in [0.25, 0.3) is 5.91 Å². The molecule has 1 atom stereocenters. The van der Waals surface area contributed by atoms with Crippen molar-refractivity contribution in [2.24, 2.45) is 0 Å². The number of nitrogens with zero attached hydrogens (tertiary/aromatic N) is 1. The summed E-state index contributed by atoms with van der Waals surface area (Å²) in [6.45, 7) is 2.05. The van der Waals surface area contributed by atoms with Crippen LogP contribution in [-0.2, 0) is 10.3 Å². The summed E-state index contributed by atoms with van der Waals surface area (Å²) in [6.07, 6.45) is 0.427. The maximum absolute atomic E-state index is 13.1. The molecule has 26 heavy (non-hydrogen) atoms. The van der Waals surface area contributed by atoms with Gasteiger partial charge in [-0.05, 0) is 55.3 Å². The second-order valence-corrected chi connectivity index (χ2v) is 6.17. The van der Waals surface area contributed by atoms with Crippen molar-refractivity contribution in [1.82, 2.24) is 10.2 Å². The lowest BCUT2D eigenvalue weighted by molar-refractivity contribution is -0.131. The zero-order valence-corrected chi connectivity index (χ0v) is 14.2. The number of nitrogens with one attached hydrogen (secondary N) is 1. The largest absolute Gasteiger partial charge is 0.494 e. The number of carbonyl (C=O) groups excluding carboxylic acids is 2. The molecule has 2 aromatic rings. The van der Waals surface area contributed by atoms with Gasteiger partial charge in [0.1, 0.15) is 22.9 Å². The molecule has 1 saturated heterocycles. The van der Waals surface area contributed by atoms with Gasteiger partial charge in [0.15, 0.2) is 0 Å². The van der Waals surface area contributed by atoms with Crippen LogP contribution < -0.4 is 10.1 Å². The highest BCUT2D eigenvalue weighted by atomic mass is 19.1. The van der Waals surface area contributed by atoms with Gasteiger partial charge in [-0.3, -0.25) is 9.69 Å². The van der Waals surface area contributed by atoms with E-state index in [4.69, 9.17) is 4.74 Å². The van der Waals surface area contributed by atoms with E-state index in [1.54, 1.807) is 6.92 Å². The summed E-state index contributed by atoms with van der Waals surface area (Å²) in [4.78, 5) is 26.0. The topological polar surface area (TPSA) is 58.6 Å². The van der Waals surface area contributed by atoms with Crippen molar-refractivity contribution in [2.75, 3.05) is 13.2 Å². The molecule has 3 rings (SSSR count). The lowest BCUT2D eigenvalue weighted by atomic mass is 9.92. The SMILES string of the molecule is CC1(c2ccc(F)cc2)NC(=O)N(CCCOc2ccc(F)cc2)C1=O. The van der Waals surface area contributed by atoms with Crippen LogP contribution in [0.25, 0.3) is 0 Å². The van der Waals surface area contributed by atoms with Crippen LogP contribution in [-0.4, -0.2) is 30.0 Å². The Balaban J connectivity index is 1.58. The fraction of sp³-hybridized carbons (Fsp3) is 0.263. The van der Waals surface area contributed by atoms with Gasteiger partial charge in [-0.2, -0.15) is 0 Å². The third kappa shape index (κ3) is 3.51. The number of amides is 3. The average Bonchev–Trinajstić information content (AvgIpc) is 2.84. The normalized spacial score (nSPS) is 19.6. The summed E-state index contributed by atoms with van der Waals surface area (Å²) in [6, 6.07) is 10.6. The third-order valence-corrected chi connectivity index (χ3v) is 4.30. The van der Waals surface area contributed by atoms with E-state index in [0.717, 1.165) is 4.90 Å². The molecule has 0 bridgehead atoms. The molecule has 1 heterocycles. The standard InChI is InChI=1S/C19H18F2N2O3/c1-19(13-3-5-14(20)6-4-13)17(24)23(18(25)22-19)11-2-12-26-16-9-7-15(21)8-10-16/h3-10H,2,11-12H2,1H3,(H,22,25). The van der Waals surface area contributed by atoms with Crippen LogP contribution in [0.1, 0.15) is 18.9 Å². The molecule has 0 aromatic heterocycles. The Bertz CT molecular complexity index is 809. The molecule has 2 aromatic carbocycles. The Morgan fingerprint density at radius 2 is 1.58 bits per heavy atom. The molecule has 0 aliphatic carbocycles. The van der Waals surface area contributed by atoms with Crippen LogP contribution >= 0.6 is 0 Å². The van der Waals surface area contributed by atoms with E-state index >= 15 is 0 Å². The molecule has 0 spiro atoms. The molecule has 0 saturated carbocycles. The molecule has 0 radical (unpaired) electrons. The number of ether oxygens (including phenoxy) is 1. The van der Waals surface area contributed by atoms with E-state index in [0.29, 0.717) is 17.7 Å². The summed E-state index contributed by atoms with van der Waals surface area (Å²) < 4.78 is 31.4. The summed E-state index contributed by atoms with van der Waals surface area (Å²) in [5.74, 6) is -0.642. The lowest BCUT2D eigenvalue weighted by Crippen LogP contribution is -2.41. The number of benzene rings is 2. The van der Waals surface area contributed by atoms with Gasteiger partial charge in [0, 0.05) is 6.54 Å². The fourth-order valence-electron chi connectivity index (χ4n) is 2.82. The third-order valence-electron chi connectivity index (χ3n) is 4.30. The van der Waals surface area contributed by atoms with Gasteiger partial charge < -0.3 is 10.1 Å². The molecular weight excluding hydrogens is 342 g/mol. The summed E-state index contributed by atoms with van der Waals surface area (Å²) in [5, 5.41) is 2.66. The number of halogens is 2. The van der Waals surface area contributed by atoms with Crippen LogP contribution in [0.3, 0.4) is 0 Å². The van der Waals surface area contributed by atoms with Gasteiger partial charge in [0.2, 0.25) is 0 Å². The first-order valence-corrected chi connectivity index (χ1v) is 8.19. The van der Waals surface area contributed by atoms with Gasteiger partial charge in [-0.25, -0.2) is 13.6 Å². The van der Waals surface area contributed by atoms with E-state index in [-0.39, 0.29) is 19.0 Å². The zero-order valence-electron chi connectivity index (χ0n) is 14.2. The van der Waals surface area contributed by atoms with Crippen LogP contribution in [0.5, 0.6) is 5.75 Å². The van der Waals surface area contributed by atoms with E-state index < -0.39 is 23.3 Å². The van der Waals surface area contributed by atoms with Crippen LogP contribution in [0.15, 0.2) is 48.5 Å². The highest BCUT2D eigenvalue weighted by Gasteiger charge is 2.48. The summed E-state index contributed by atoms with van der Waals surface area (Å²) in [7, 11) is 0. The predicted octanol–water partition coefficient (Wildman–Crippen LogP) is 3.20. The highest BCUT2D eigenvalue weighted by molar-refractivity contribution is 6.07. The molecule has 136 valence electrons. The van der Waals surface area contributed by atoms with Crippen LogP contribution in [0, 0.1) is 11.6 Å². The van der Waals surface area contributed by atoms with Crippen molar-refractivity contribution >= 4 is 11.9 Å². The van der Waals surface area contributed by atoms with Crippen molar-refractivity contribution in [3.8, 4) is 5.75 Å². The quantitative estimate of drug-likeness (QED) is 0.636. The van der Waals surface area contributed by atoms with Gasteiger partial charge in [0.05, 0.1) is 6.61 Å². The number of carbonyl (C=O) groups is 2. The van der Waals surface area contributed by atoms with E-state index in [2.05, 4.69) is 5.32 Å². The maximum Gasteiger partial charge on any atom is 0.325 e. The van der Waals surface area contributed by atoms with E-state index in [1.165, 1.54) is 48.5 Å². The van der Waals surface area contributed by atoms with Crippen LogP contribution in [0.4, 0.5) is 13.6 Å². The molecule has 1 N–H and O–H groups in total. The van der Waals surface area contributed by atoms with Crippen LogP contribution in [0.2, 0.25) is 0 Å². The molecule has 1 aliphatic heterocycles. The Labute approximate surface area is 149 Å². The minimum absolute atomic E-state index is 0.183. The van der Waals surface area contributed by atoms with E-state index in [9.17, 15) is 18.4 Å². The van der Waals surface area contributed by atoms with Crippen molar-refractivity contribution < 1.29 is 23.1 Å². The van der Waals surface area contributed by atoms with Crippen molar-refractivity contribution in [3.63, 3.8) is 0 Å². The highest BCUT2D eigenvalue weighted by Crippen LogP contribution is 2.29. The zero-order chi connectivity index (χ0) is 18.7.